The molecule has 2 amide bonds. The Kier molecular flexibility index (Phi) is 9.42. The maximum absolute atomic E-state index is 13.5. The number of hydrogen-bond acceptors (Lipinski definition) is 8. The number of anilines is 1. The van der Waals surface area contributed by atoms with E-state index in [0.717, 1.165) is 11.1 Å². The van der Waals surface area contributed by atoms with Crippen LogP contribution in [0.5, 0.6) is 5.75 Å². The molecule has 1 aromatic carbocycles. The van der Waals surface area contributed by atoms with Crippen LogP contribution >= 0.6 is 34.6 Å². The van der Waals surface area contributed by atoms with Crippen molar-refractivity contribution in [1.29, 1.82) is 0 Å². The minimum atomic E-state index is -1.70. The molecular formula is C28H36ClIN2O8. The van der Waals surface area contributed by atoms with E-state index in [4.69, 9.17) is 33.6 Å². The van der Waals surface area contributed by atoms with Gasteiger partial charge in [0.1, 0.15) is 57.7 Å². The first kappa shape index (κ1) is 31.0. The van der Waals surface area contributed by atoms with Crippen LogP contribution in [0, 0.1) is 5.92 Å². The molecule has 0 aliphatic carbocycles. The van der Waals surface area contributed by atoms with Crippen molar-refractivity contribution < 1.29 is 36.7 Å². The number of benzene rings is 1. The van der Waals surface area contributed by atoms with Crippen molar-refractivity contribution in [2.45, 2.75) is 75.8 Å². The summed E-state index contributed by atoms with van der Waals surface area (Å²) in [6.07, 6.45) is 2.77. The van der Waals surface area contributed by atoms with Gasteiger partial charge in [-0.1, -0.05) is 42.3 Å². The van der Waals surface area contributed by atoms with E-state index in [2.05, 4.69) is 5.32 Å². The Morgan fingerprint density at radius 2 is 2.00 bits per heavy atom. The number of allylic oxidation sites excluding steroid dienone is 3. The molecule has 3 heterocycles. The minimum absolute atomic E-state index is 0.0204. The molecule has 40 heavy (non-hydrogen) atoms. The number of alkyl carbamates (subject to hydrolysis) is 1. The zero-order valence-electron chi connectivity index (χ0n) is 23.4. The summed E-state index contributed by atoms with van der Waals surface area (Å²) < 4.78 is 28.5. The van der Waals surface area contributed by atoms with Crippen molar-refractivity contribution in [3.8, 4) is 5.75 Å². The highest BCUT2D eigenvalue weighted by molar-refractivity contribution is 14.1. The Bertz CT molecular complexity index is 1210. The van der Waals surface area contributed by atoms with E-state index in [1.165, 1.54) is 19.1 Å². The van der Waals surface area contributed by atoms with Crippen LogP contribution in [-0.2, 0) is 28.5 Å². The van der Waals surface area contributed by atoms with Crippen molar-refractivity contribution in [3.63, 3.8) is 0 Å². The molecule has 4 bridgehead atoms. The first-order valence-corrected chi connectivity index (χ1v) is 14.3. The van der Waals surface area contributed by atoms with Crippen LogP contribution in [0.4, 0.5) is 10.5 Å². The van der Waals surface area contributed by atoms with Gasteiger partial charge in [0.15, 0.2) is 5.72 Å². The van der Waals surface area contributed by atoms with Gasteiger partial charge >= 0.3 is 6.09 Å². The summed E-state index contributed by atoms with van der Waals surface area (Å²) >= 11 is 8.43. The smallest absolute Gasteiger partial charge is 0.409 e. The summed E-state index contributed by atoms with van der Waals surface area (Å²) in [7, 11) is 4.67. The Labute approximate surface area is 253 Å². The molecule has 10 nitrogen and oxygen atoms in total. The summed E-state index contributed by atoms with van der Waals surface area (Å²) in [6.45, 7) is 5.72. The van der Waals surface area contributed by atoms with E-state index in [1.54, 1.807) is 42.2 Å². The van der Waals surface area contributed by atoms with Crippen molar-refractivity contribution in [3.05, 3.63) is 46.5 Å². The molecular weight excluding hydrogens is 655 g/mol. The molecule has 2 saturated heterocycles. The standard InChI is InChI=1S/C28H36ClIN2O8/c1-15-8-7-9-21(37-6)28(35)14-20(38-26(34)31-28)16(2)25-27(3,39-25)22(40-30)13-23(33)32(4)18-11-17(10-15)12-19(36-5)24(18)29/h7-9,11-12,16,20-22,25,35H,10,13-14H2,1-6H3,(H,31,34)/b9-7+,15-8+. The third-order valence-electron chi connectivity index (χ3n) is 8.06. The summed E-state index contributed by atoms with van der Waals surface area (Å²) in [6, 6.07) is 3.71. The monoisotopic (exact) mass is 690 g/mol. The lowest BCUT2D eigenvalue weighted by Crippen LogP contribution is -2.63. The molecule has 0 aromatic heterocycles. The zero-order chi connectivity index (χ0) is 29.4. The van der Waals surface area contributed by atoms with E-state index in [9.17, 15) is 14.7 Å². The van der Waals surface area contributed by atoms with Gasteiger partial charge in [-0.05, 0) is 38.0 Å². The van der Waals surface area contributed by atoms with E-state index < -0.39 is 35.7 Å². The Morgan fingerprint density at radius 3 is 2.65 bits per heavy atom. The molecule has 220 valence electrons. The third kappa shape index (κ3) is 6.14. The maximum atomic E-state index is 13.5. The van der Waals surface area contributed by atoms with Crippen LogP contribution in [0.2, 0.25) is 5.02 Å². The van der Waals surface area contributed by atoms with Crippen molar-refractivity contribution in [1.82, 2.24) is 5.32 Å². The molecule has 0 radical (unpaired) electrons. The number of carbonyl (C=O) groups is 2. The van der Waals surface area contributed by atoms with Gasteiger partial charge in [0.2, 0.25) is 5.91 Å². The lowest BCUT2D eigenvalue weighted by molar-refractivity contribution is -0.142. The minimum Gasteiger partial charge on any atom is -0.495 e. The van der Waals surface area contributed by atoms with Gasteiger partial charge in [0.05, 0.1) is 25.3 Å². The van der Waals surface area contributed by atoms with Crippen molar-refractivity contribution in [2.24, 2.45) is 5.92 Å². The Hall–Kier alpha value is -1.90. The molecule has 4 rings (SSSR count). The van der Waals surface area contributed by atoms with Crippen molar-refractivity contribution in [2.75, 3.05) is 26.2 Å². The van der Waals surface area contributed by atoms with E-state index in [0.29, 0.717) is 22.9 Å². The number of fused-ring (bicyclic) bond motifs is 5. The second-order valence-electron chi connectivity index (χ2n) is 10.9. The first-order chi connectivity index (χ1) is 18.9. The van der Waals surface area contributed by atoms with Crippen LogP contribution in [0.15, 0.2) is 35.9 Å². The highest BCUT2D eigenvalue weighted by atomic mass is 127. The zero-order valence-corrected chi connectivity index (χ0v) is 26.3. The summed E-state index contributed by atoms with van der Waals surface area (Å²) in [5.74, 6) is -0.0732. The number of halogens is 2. The molecule has 0 saturated carbocycles. The van der Waals surface area contributed by atoms with Gasteiger partial charge in [-0.2, -0.15) is 0 Å². The number of nitrogens with zero attached hydrogens (tertiary/aromatic N) is 1. The molecule has 2 fully saturated rings. The number of amides is 2. The lowest BCUT2D eigenvalue weighted by Gasteiger charge is -2.42. The van der Waals surface area contributed by atoms with E-state index in [1.807, 2.05) is 39.0 Å². The fourth-order valence-corrected chi connectivity index (χ4v) is 6.56. The number of epoxide rings is 1. The highest BCUT2D eigenvalue weighted by Crippen LogP contribution is 2.49. The van der Waals surface area contributed by atoms with Crippen LogP contribution in [-0.4, -0.2) is 74.1 Å². The second-order valence-corrected chi connectivity index (χ2v) is 11.8. The van der Waals surface area contributed by atoms with E-state index in [-0.39, 0.29) is 30.8 Å². The molecule has 7 unspecified atom stereocenters. The van der Waals surface area contributed by atoms with Crippen molar-refractivity contribution >= 4 is 52.3 Å². The topological polar surface area (TPSA) is 119 Å². The molecule has 7 atom stereocenters. The molecule has 3 aliphatic heterocycles. The average molecular weight is 691 g/mol. The number of carbonyl (C=O) groups excluding carboxylic acids is 2. The number of nitrogens with one attached hydrogen (secondary N) is 1. The van der Waals surface area contributed by atoms with Crippen LogP contribution < -0.4 is 15.0 Å². The van der Waals surface area contributed by atoms with Crippen LogP contribution in [0.25, 0.3) is 0 Å². The number of methoxy groups -OCH3 is 2. The Morgan fingerprint density at radius 1 is 1.27 bits per heavy atom. The normalized spacial score (nSPS) is 37.0. The highest BCUT2D eigenvalue weighted by Gasteiger charge is 2.63. The van der Waals surface area contributed by atoms with Gasteiger partial charge in [0.25, 0.3) is 0 Å². The molecule has 3 aliphatic rings. The summed E-state index contributed by atoms with van der Waals surface area (Å²) in [5, 5.41) is 14.4. The molecule has 0 spiro atoms. The SMILES string of the molecule is COc1cc2cc(c1Cl)N(C)C(=O)CC(OI)C1(C)OC1C(C)C1CC(O)(NC(=O)O1)C(OC)/C=C/C=C(\C)C2. The number of ether oxygens (including phenoxy) is 4. The van der Waals surface area contributed by atoms with Crippen LogP contribution in [0.1, 0.15) is 39.2 Å². The molecule has 2 N–H and O–H groups in total. The Balaban J connectivity index is 1.76. The molecule has 12 heteroatoms. The quantitative estimate of drug-likeness (QED) is 0.352. The largest absolute Gasteiger partial charge is 0.495 e. The fraction of sp³-hybridized carbons (Fsp3) is 0.571. The lowest BCUT2D eigenvalue weighted by atomic mass is 9.84. The van der Waals surface area contributed by atoms with Gasteiger partial charge in [-0.15, -0.1) is 0 Å². The first-order valence-electron chi connectivity index (χ1n) is 13.0. The summed E-state index contributed by atoms with van der Waals surface area (Å²) in [4.78, 5) is 27.6. The maximum Gasteiger partial charge on any atom is 0.409 e. The predicted octanol–water partition coefficient (Wildman–Crippen LogP) is 4.49. The number of aliphatic hydroxyl groups is 1. The fourth-order valence-electron chi connectivity index (χ4n) is 5.57. The van der Waals surface area contributed by atoms with Gasteiger partial charge in [-0.25, -0.2) is 4.79 Å². The van der Waals surface area contributed by atoms with E-state index >= 15 is 0 Å². The van der Waals surface area contributed by atoms with Gasteiger partial charge < -0.3 is 32.0 Å². The predicted molar refractivity (Wildman–Crippen MR) is 158 cm³/mol. The molecule has 1 aromatic rings. The summed E-state index contributed by atoms with van der Waals surface area (Å²) in [5.41, 5.74) is -0.113. The van der Waals surface area contributed by atoms with Crippen LogP contribution in [0.3, 0.4) is 0 Å². The van der Waals surface area contributed by atoms with Gasteiger partial charge in [0, 0.05) is 26.5 Å². The average Bonchev–Trinajstić information content (AvgIpc) is 3.60. The number of hydrogen-bond donors (Lipinski definition) is 2. The van der Waals surface area contributed by atoms with Gasteiger partial charge in [-0.3, -0.25) is 10.1 Å². The number of rotatable bonds is 3. The second kappa shape index (κ2) is 12.1. The third-order valence-corrected chi connectivity index (χ3v) is 9.05.